The average Bonchev–Trinajstić information content (AvgIpc) is 2.39. The Kier molecular flexibility index (Phi) is 2.56. The molecule has 3 aromatic rings. The van der Waals surface area contributed by atoms with Gasteiger partial charge in [0.05, 0.1) is 11.2 Å². The first-order valence-electron chi connectivity index (χ1n) is 6.01. The minimum atomic E-state index is -0.359. The van der Waals surface area contributed by atoms with Crippen LogP contribution in [0.3, 0.4) is 0 Å². The quantitative estimate of drug-likeness (QED) is 0.721. The highest BCUT2D eigenvalue weighted by Crippen LogP contribution is 2.20. The Morgan fingerprint density at radius 3 is 2.68 bits per heavy atom. The Morgan fingerprint density at radius 2 is 1.89 bits per heavy atom. The van der Waals surface area contributed by atoms with Gasteiger partial charge in [-0.05, 0) is 36.8 Å². The zero-order valence-corrected chi connectivity index (χ0v) is 10.5. The number of nitrogen functional groups attached to an aromatic ring is 1. The Balaban J connectivity index is 2.39. The van der Waals surface area contributed by atoms with Gasteiger partial charge in [0.15, 0.2) is 0 Å². The smallest absolute Gasteiger partial charge is 0.354 e. The number of nitrogens with zero attached hydrogens (tertiary/aromatic N) is 2. The van der Waals surface area contributed by atoms with Gasteiger partial charge in [0.1, 0.15) is 5.82 Å². The highest BCUT2D eigenvalue weighted by atomic mass is 16.1. The molecule has 1 aromatic heterocycles. The van der Waals surface area contributed by atoms with E-state index in [0.717, 1.165) is 16.6 Å². The first-order chi connectivity index (χ1) is 9.16. The third-order valence-electron chi connectivity index (χ3n) is 3.09. The maximum absolute atomic E-state index is 12.1. The van der Waals surface area contributed by atoms with Crippen LogP contribution in [0.5, 0.6) is 0 Å². The molecular weight excluding hydrogens is 238 g/mol. The summed E-state index contributed by atoms with van der Waals surface area (Å²) in [5.41, 5.74) is 8.19. The Labute approximate surface area is 110 Å². The number of nitrogens with two attached hydrogens (primary N) is 1. The fourth-order valence-electron chi connectivity index (χ4n) is 2.18. The van der Waals surface area contributed by atoms with E-state index >= 15 is 0 Å². The molecule has 0 amide bonds. The van der Waals surface area contributed by atoms with Crippen molar-refractivity contribution in [2.24, 2.45) is 0 Å². The lowest BCUT2D eigenvalue weighted by atomic mass is 10.2. The van der Waals surface area contributed by atoms with Crippen molar-refractivity contribution < 1.29 is 0 Å². The number of aryl methyl sites for hydroxylation is 1. The van der Waals surface area contributed by atoms with Crippen LogP contribution < -0.4 is 11.4 Å². The summed E-state index contributed by atoms with van der Waals surface area (Å²) in [6.45, 7) is 1.97. The second-order valence-corrected chi connectivity index (χ2v) is 4.47. The lowest BCUT2D eigenvalue weighted by Gasteiger charge is -2.11. The monoisotopic (exact) mass is 251 g/mol. The van der Waals surface area contributed by atoms with Crippen LogP contribution in [0, 0.1) is 6.92 Å². The van der Waals surface area contributed by atoms with Gasteiger partial charge in [-0.25, -0.2) is 9.36 Å². The third-order valence-corrected chi connectivity index (χ3v) is 3.09. The van der Waals surface area contributed by atoms with E-state index in [1.807, 2.05) is 49.4 Å². The number of fused-ring (bicyclic) bond motifs is 1. The molecule has 0 radical (unpaired) electrons. The van der Waals surface area contributed by atoms with Gasteiger partial charge in [0.25, 0.3) is 0 Å². The van der Waals surface area contributed by atoms with Crippen LogP contribution >= 0.6 is 0 Å². The molecule has 4 heteroatoms. The van der Waals surface area contributed by atoms with Gasteiger partial charge in [-0.2, -0.15) is 4.98 Å². The first kappa shape index (κ1) is 11.5. The maximum atomic E-state index is 12.1. The summed E-state index contributed by atoms with van der Waals surface area (Å²) in [6.07, 6.45) is 0. The lowest BCUT2D eigenvalue weighted by Crippen LogP contribution is -2.24. The van der Waals surface area contributed by atoms with Crippen molar-refractivity contribution >= 4 is 16.7 Å². The largest absolute Gasteiger partial charge is 0.384 e. The summed E-state index contributed by atoms with van der Waals surface area (Å²) in [5, 5.41) is 0.781. The van der Waals surface area contributed by atoms with E-state index < -0.39 is 0 Å². The van der Waals surface area contributed by atoms with Gasteiger partial charge in [-0.15, -0.1) is 0 Å². The Bertz CT molecular complexity index is 821. The van der Waals surface area contributed by atoms with Gasteiger partial charge < -0.3 is 5.73 Å². The highest BCUT2D eigenvalue weighted by Gasteiger charge is 2.09. The van der Waals surface area contributed by atoms with E-state index in [0.29, 0.717) is 11.3 Å². The number of aromatic nitrogens is 2. The van der Waals surface area contributed by atoms with Crippen molar-refractivity contribution in [3.05, 3.63) is 64.6 Å². The predicted molar refractivity (Wildman–Crippen MR) is 76.5 cm³/mol. The van der Waals surface area contributed by atoms with E-state index in [4.69, 9.17) is 5.73 Å². The van der Waals surface area contributed by atoms with Crippen molar-refractivity contribution in [3.63, 3.8) is 0 Å². The van der Waals surface area contributed by atoms with Gasteiger partial charge >= 0.3 is 5.69 Å². The SMILES string of the molecule is Cc1cccc(-n2c(N)c3ccccc3nc2=O)c1. The number of rotatable bonds is 1. The predicted octanol–water partition coefficient (Wildman–Crippen LogP) is 2.28. The van der Waals surface area contributed by atoms with Crippen molar-refractivity contribution in [1.29, 1.82) is 0 Å². The maximum Gasteiger partial charge on any atom is 0.354 e. The normalized spacial score (nSPS) is 10.8. The molecule has 0 spiro atoms. The van der Waals surface area contributed by atoms with Gasteiger partial charge in [0.2, 0.25) is 0 Å². The topological polar surface area (TPSA) is 60.9 Å². The zero-order valence-electron chi connectivity index (χ0n) is 10.5. The number of benzene rings is 2. The lowest BCUT2D eigenvalue weighted by molar-refractivity contribution is 0.949. The van der Waals surface area contributed by atoms with E-state index in [1.165, 1.54) is 4.57 Å². The molecule has 2 aromatic carbocycles. The van der Waals surface area contributed by atoms with Crippen molar-refractivity contribution in [2.45, 2.75) is 6.92 Å². The number of para-hydroxylation sites is 1. The molecule has 0 atom stereocenters. The van der Waals surface area contributed by atoms with Crippen molar-refractivity contribution in [1.82, 2.24) is 9.55 Å². The minimum absolute atomic E-state index is 0.359. The van der Waals surface area contributed by atoms with Crippen LogP contribution in [0.25, 0.3) is 16.6 Å². The molecular formula is C15H13N3O. The fourth-order valence-corrected chi connectivity index (χ4v) is 2.18. The number of hydrogen-bond donors (Lipinski definition) is 1. The first-order valence-corrected chi connectivity index (χ1v) is 6.01. The van der Waals surface area contributed by atoms with E-state index in [9.17, 15) is 4.79 Å². The van der Waals surface area contributed by atoms with Gasteiger partial charge in [-0.3, -0.25) is 0 Å². The van der Waals surface area contributed by atoms with Crippen molar-refractivity contribution in [2.75, 3.05) is 5.73 Å². The minimum Gasteiger partial charge on any atom is -0.384 e. The van der Waals surface area contributed by atoms with E-state index in [2.05, 4.69) is 4.98 Å². The highest BCUT2D eigenvalue weighted by molar-refractivity contribution is 5.88. The third kappa shape index (κ3) is 1.87. The Hall–Kier alpha value is -2.62. The summed E-state index contributed by atoms with van der Waals surface area (Å²) in [7, 11) is 0. The van der Waals surface area contributed by atoms with Crippen LogP contribution in [-0.4, -0.2) is 9.55 Å². The second-order valence-electron chi connectivity index (χ2n) is 4.47. The Morgan fingerprint density at radius 1 is 1.11 bits per heavy atom. The molecule has 0 saturated carbocycles. The molecule has 0 aliphatic carbocycles. The zero-order chi connectivity index (χ0) is 13.4. The molecule has 0 saturated heterocycles. The number of hydrogen-bond acceptors (Lipinski definition) is 3. The molecule has 2 N–H and O–H groups in total. The molecule has 94 valence electrons. The standard InChI is InChI=1S/C15H13N3O/c1-10-5-4-6-11(9-10)18-14(16)12-7-2-3-8-13(12)17-15(18)19/h2-9H,16H2,1H3. The van der Waals surface area contributed by atoms with Crippen LogP contribution in [0.4, 0.5) is 5.82 Å². The summed E-state index contributed by atoms with van der Waals surface area (Å²) in [4.78, 5) is 16.2. The van der Waals surface area contributed by atoms with Crippen LogP contribution in [0.15, 0.2) is 53.3 Å². The molecule has 1 heterocycles. The van der Waals surface area contributed by atoms with Crippen LogP contribution in [-0.2, 0) is 0 Å². The summed E-state index contributed by atoms with van der Waals surface area (Å²) >= 11 is 0. The summed E-state index contributed by atoms with van der Waals surface area (Å²) < 4.78 is 1.44. The second kappa shape index (κ2) is 4.24. The fraction of sp³-hybridized carbons (Fsp3) is 0.0667. The van der Waals surface area contributed by atoms with Crippen molar-refractivity contribution in [3.8, 4) is 5.69 Å². The average molecular weight is 251 g/mol. The molecule has 0 bridgehead atoms. The van der Waals surface area contributed by atoms with Crippen LogP contribution in [0.2, 0.25) is 0 Å². The van der Waals surface area contributed by atoms with Crippen LogP contribution in [0.1, 0.15) is 5.56 Å². The molecule has 0 fully saturated rings. The molecule has 0 aliphatic rings. The molecule has 19 heavy (non-hydrogen) atoms. The van der Waals surface area contributed by atoms with E-state index in [-0.39, 0.29) is 5.69 Å². The molecule has 4 nitrogen and oxygen atoms in total. The summed E-state index contributed by atoms with van der Waals surface area (Å²) in [6, 6.07) is 15.0. The number of anilines is 1. The molecule has 3 rings (SSSR count). The molecule has 0 aliphatic heterocycles. The van der Waals surface area contributed by atoms with Gasteiger partial charge in [-0.1, -0.05) is 24.3 Å². The summed E-state index contributed by atoms with van der Waals surface area (Å²) in [5.74, 6) is 0.418. The van der Waals surface area contributed by atoms with Gasteiger partial charge in [0, 0.05) is 5.39 Å². The molecule has 0 unspecified atom stereocenters. The van der Waals surface area contributed by atoms with E-state index in [1.54, 1.807) is 6.07 Å².